The molecule has 1 atom stereocenters. The van der Waals surface area contributed by atoms with Crippen LogP contribution in [0.15, 0.2) is 0 Å². The zero-order valence-corrected chi connectivity index (χ0v) is 11.8. The normalized spacial score (nSPS) is 18.6. The Morgan fingerprint density at radius 1 is 1.55 bits per heavy atom. The molecule has 20 heavy (non-hydrogen) atoms. The molecular weight excluding hydrogens is 266 g/mol. The Kier molecular flexibility index (Phi) is 6.23. The summed E-state index contributed by atoms with van der Waals surface area (Å²) in [5.41, 5.74) is 0. The van der Waals surface area contributed by atoms with E-state index in [9.17, 15) is 14.4 Å². The summed E-state index contributed by atoms with van der Waals surface area (Å²) in [6, 6.07) is -1.28. The van der Waals surface area contributed by atoms with E-state index in [0.29, 0.717) is 32.8 Å². The number of piperazine rings is 1. The summed E-state index contributed by atoms with van der Waals surface area (Å²) < 4.78 is 4.94. The topological polar surface area (TPSA) is 99.2 Å². The van der Waals surface area contributed by atoms with Gasteiger partial charge in [-0.15, -0.1) is 0 Å². The second-order valence-electron chi connectivity index (χ2n) is 4.45. The van der Waals surface area contributed by atoms with Gasteiger partial charge in [-0.25, -0.2) is 4.79 Å². The molecule has 0 radical (unpaired) electrons. The van der Waals surface area contributed by atoms with E-state index in [1.807, 2.05) is 6.92 Å². The van der Waals surface area contributed by atoms with Crippen LogP contribution in [0.25, 0.3) is 0 Å². The third-order valence-electron chi connectivity index (χ3n) is 3.16. The van der Waals surface area contributed by atoms with Gasteiger partial charge in [-0.05, 0) is 6.92 Å². The van der Waals surface area contributed by atoms with Gasteiger partial charge in [-0.3, -0.25) is 9.59 Å². The van der Waals surface area contributed by atoms with Crippen molar-refractivity contribution >= 4 is 17.9 Å². The molecule has 1 rings (SSSR count). The van der Waals surface area contributed by atoms with Gasteiger partial charge in [0.25, 0.3) is 0 Å². The van der Waals surface area contributed by atoms with Crippen LogP contribution in [0.3, 0.4) is 0 Å². The van der Waals surface area contributed by atoms with E-state index in [0.717, 1.165) is 0 Å². The van der Waals surface area contributed by atoms with E-state index in [1.165, 1.54) is 9.80 Å². The van der Waals surface area contributed by atoms with Gasteiger partial charge >= 0.3 is 12.0 Å². The highest BCUT2D eigenvalue weighted by Gasteiger charge is 2.36. The highest BCUT2D eigenvalue weighted by atomic mass is 16.5. The van der Waals surface area contributed by atoms with Crippen LogP contribution in [0, 0.1) is 0 Å². The first-order valence-corrected chi connectivity index (χ1v) is 6.55. The molecule has 1 aliphatic heterocycles. The summed E-state index contributed by atoms with van der Waals surface area (Å²) in [5.74, 6) is -1.53. The smallest absolute Gasteiger partial charge is 0.320 e. The number of carbonyl (C=O) groups excluding carboxylic acids is 2. The largest absolute Gasteiger partial charge is 0.481 e. The number of rotatable bonds is 6. The number of carboxylic acids is 1. The highest BCUT2D eigenvalue weighted by Crippen LogP contribution is 2.12. The Bertz CT molecular complexity index is 374. The number of likely N-dealkylation sites (N-methyl/N-ethyl adjacent to an activating group) is 1. The molecule has 0 aliphatic carbocycles. The molecule has 0 aromatic carbocycles. The first-order chi connectivity index (χ1) is 9.51. The Balaban J connectivity index is 2.79. The maximum atomic E-state index is 12.4. The minimum absolute atomic E-state index is 0.312. The number of carboxylic acid groups (broad SMARTS) is 1. The standard InChI is InChI=1S/C12H21N3O5/c1-3-14(6-7-20-2)12(19)15-5-4-13-11(18)9(15)8-10(16)17/h9H,3-8H2,1-2H3,(H,13,18)(H,16,17). The van der Waals surface area contributed by atoms with Crippen LogP contribution in [0.5, 0.6) is 0 Å². The quantitative estimate of drug-likeness (QED) is 0.676. The van der Waals surface area contributed by atoms with Gasteiger partial charge in [0.15, 0.2) is 0 Å². The predicted octanol–water partition coefficient (Wildman–Crippen LogP) is -0.650. The van der Waals surface area contributed by atoms with Crippen molar-refractivity contribution in [2.75, 3.05) is 39.9 Å². The maximum Gasteiger partial charge on any atom is 0.320 e. The predicted molar refractivity (Wildman–Crippen MR) is 70.3 cm³/mol. The lowest BCUT2D eigenvalue weighted by molar-refractivity contribution is -0.142. The number of methoxy groups -OCH3 is 1. The van der Waals surface area contributed by atoms with Crippen LogP contribution in [0.1, 0.15) is 13.3 Å². The van der Waals surface area contributed by atoms with Crippen molar-refractivity contribution in [1.29, 1.82) is 0 Å². The van der Waals surface area contributed by atoms with Crippen molar-refractivity contribution in [2.24, 2.45) is 0 Å². The number of aliphatic carboxylic acids is 1. The Morgan fingerprint density at radius 3 is 2.80 bits per heavy atom. The van der Waals surface area contributed by atoms with E-state index >= 15 is 0 Å². The summed E-state index contributed by atoms with van der Waals surface area (Å²) in [6.07, 6.45) is -0.389. The first kappa shape index (κ1) is 16.2. The summed E-state index contributed by atoms with van der Waals surface area (Å²) in [6.45, 7) is 3.74. The van der Waals surface area contributed by atoms with Gasteiger partial charge in [-0.2, -0.15) is 0 Å². The molecule has 3 amide bonds. The van der Waals surface area contributed by atoms with Crippen LogP contribution < -0.4 is 5.32 Å². The molecule has 0 spiro atoms. The van der Waals surface area contributed by atoms with E-state index in [-0.39, 0.29) is 12.5 Å². The molecule has 1 saturated heterocycles. The van der Waals surface area contributed by atoms with Crippen molar-refractivity contribution in [2.45, 2.75) is 19.4 Å². The number of ether oxygens (including phenoxy) is 1. The number of carbonyl (C=O) groups is 3. The van der Waals surface area contributed by atoms with Crippen LogP contribution in [0.2, 0.25) is 0 Å². The monoisotopic (exact) mass is 287 g/mol. The van der Waals surface area contributed by atoms with Gasteiger partial charge in [0.05, 0.1) is 13.0 Å². The zero-order valence-electron chi connectivity index (χ0n) is 11.8. The zero-order chi connectivity index (χ0) is 15.1. The maximum absolute atomic E-state index is 12.4. The van der Waals surface area contributed by atoms with E-state index in [2.05, 4.69) is 5.32 Å². The summed E-state index contributed by atoms with van der Waals surface area (Å²) in [7, 11) is 1.54. The number of urea groups is 1. The second kappa shape index (κ2) is 7.68. The average molecular weight is 287 g/mol. The average Bonchev–Trinajstić information content (AvgIpc) is 2.41. The molecule has 0 bridgehead atoms. The molecule has 0 saturated carbocycles. The molecular formula is C12H21N3O5. The second-order valence-corrected chi connectivity index (χ2v) is 4.45. The Labute approximate surface area is 117 Å². The molecule has 8 nitrogen and oxygen atoms in total. The van der Waals surface area contributed by atoms with Crippen molar-refractivity contribution in [3.05, 3.63) is 0 Å². The summed E-state index contributed by atoms with van der Waals surface area (Å²) >= 11 is 0. The van der Waals surface area contributed by atoms with Gasteiger partial charge in [0.2, 0.25) is 5.91 Å². The van der Waals surface area contributed by atoms with Crippen molar-refractivity contribution < 1.29 is 24.2 Å². The number of nitrogens with zero attached hydrogens (tertiary/aromatic N) is 2. The number of amides is 3. The van der Waals surface area contributed by atoms with Gasteiger partial charge in [0, 0.05) is 33.3 Å². The lowest BCUT2D eigenvalue weighted by atomic mass is 10.1. The third-order valence-corrected chi connectivity index (χ3v) is 3.16. The molecule has 0 aromatic heterocycles. The lowest BCUT2D eigenvalue weighted by Crippen LogP contribution is -2.60. The Morgan fingerprint density at radius 2 is 2.25 bits per heavy atom. The van der Waals surface area contributed by atoms with E-state index < -0.39 is 17.9 Å². The minimum atomic E-state index is -1.11. The minimum Gasteiger partial charge on any atom is -0.481 e. The van der Waals surface area contributed by atoms with E-state index in [4.69, 9.17) is 9.84 Å². The summed E-state index contributed by atoms with van der Waals surface area (Å²) in [4.78, 5) is 37.9. The Hall–Kier alpha value is -1.83. The number of nitrogens with one attached hydrogen (secondary N) is 1. The molecule has 1 heterocycles. The van der Waals surface area contributed by atoms with Crippen molar-refractivity contribution in [3.8, 4) is 0 Å². The van der Waals surface area contributed by atoms with Crippen LogP contribution >= 0.6 is 0 Å². The molecule has 114 valence electrons. The van der Waals surface area contributed by atoms with Crippen LogP contribution in [0.4, 0.5) is 4.79 Å². The fourth-order valence-corrected chi connectivity index (χ4v) is 2.08. The van der Waals surface area contributed by atoms with E-state index in [1.54, 1.807) is 7.11 Å². The van der Waals surface area contributed by atoms with Crippen molar-refractivity contribution in [3.63, 3.8) is 0 Å². The van der Waals surface area contributed by atoms with Gasteiger partial charge in [-0.1, -0.05) is 0 Å². The fourth-order valence-electron chi connectivity index (χ4n) is 2.08. The molecule has 1 aliphatic rings. The molecule has 1 unspecified atom stereocenters. The fraction of sp³-hybridized carbons (Fsp3) is 0.750. The first-order valence-electron chi connectivity index (χ1n) is 6.55. The van der Waals surface area contributed by atoms with Crippen LogP contribution in [-0.2, 0) is 14.3 Å². The van der Waals surface area contributed by atoms with Crippen LogP contribution in [-0.4, -0.2) is 78.8 Å². The lowest BCUT2D eigenvalue weighted by Gasteiger charge is -2.37. The van der Waals surface area contributed by atoms with Gasteiger partial charge in [0.1, 0.15) is 6.04 Å². The third kappa shape index (κ3) is 4.09. The van der Waals surface area contributed by atoms with Crippen molar-refractivity contribution in [1.82, 2.24) is 15.1 Å². The molecule has 2 N–H and O–H groups in total. The van der Waals surface area contributed by atoms with Gasteiger partial charge < -0.3 is 25.0 Å². The summed E-state index contributed by atoms with van der Waals surface area (Å²) in [5, 5.41) is 11.5. The highest BCUT2D eigenvalue weighted by molar-refractivity contribution is 5.91. The molecule has 8 heteroatoms. The number of hydrogen-bond acceptors (Lipinski definition) is 4. The number of hydrogen-bond donors (Lipinski definition) is 2. The molecule has 1 fully saturated rings. The molecule has 0 aromatic rings. The SMILES string of the molecule is CCN(CCOC)C(=O)N1CCNC(=O)C1CC(=O)O.